The second-order valence-electron chi connectivity index (χ2n) is 5.21. The van der Waals surface area contributed by atoms with Crippen LogP contribution in [0.1, 0.15) is 45.4 Å². The third kappa shape index (κ3) is 5.46. The van der Waals surface area contributed by atoms with Crippen molar-refractivity contribution in [3.05, 3.63) is 0 Å². The molecule has 1 saturated carbocycles. The van der Waals surface area contributed by atoms with Gasteiger partial charge in [-0.3, -0.25) is 4.79 Å². The molecule has 112 valence electrons. The molecule has 0 bridgehead atoms. The summed E-state index contributed by atoms with van der Waals surface area (Å²) in [7, 11) is -2.15. The lowest BCUT2D eigenvalue weighted by molar-refractivity contribution is -0.137. The van der Waals surface area contributed by atoms with Gasteiger partial charge in [-0.2, -0.15) is 17.4 Å². The van der Waals surface area contributed by atoms with Gasteiger partial charge in [-0.15, -0.1) is 0 Å². The van der Waals surface area contributed by atoms with Crippen LogP contribution in [0.3, 0.4) is 0 Å². The molecule has 1 aliphatic carbocycles. The molecule has 0 radical (unpaired) electrons. The van der Waals surface area contributed by atoms with E-state index in [4.69, 9.17) is 5.11 Å². The molecule has 1 fully saturated rings. The Morgan fingerprint density at radius 1 is 1.32 bits per heavy atom. The predicted molar refractivity (Wildman–Crippen MR) is 73.0 cm³/mol. The van der Waals surface area contributed by atoms with Crippen LogP contribution in [0.25, 0.3) is 0 Å². The van der Waals surface area contributed by atoms with Gasteiger partial charge in [0.05, 0.1) is 6.42 Å². The molecule has 1 rings (SSSR count). The van der Waals surface area contributed by atoms with Gasteiger partial charge >= 0.3 is 5.97 Å². The van der Waals surface area contributed by atoms with Crippen LogP contribution in [0.5, 0.6) is 0 Å². The van der Waals surface area contributed by atoms with E-state index >= 15 is 0 Å². The van der Waals surface area contributed by atoms with Crippen LogP contribution in [-0.2, 0) is 15.0 Å². The van der Waals surface area contributed by atoms with Crippen LogP contribution in [0.2, 0.25) is 0 Å². The van der Waals surface area contributed by atoms with E-state index in [9.17, 15) is 13.2 Å². The highest BCUT2D eigenvalue weighted by atomic mass is 32.2. The maximum absolute atomic E-state index is 12.0. The fourth-order valence-corrected chi connectivity index (χ4v) is 3.53. The van der Waals surface area contributed by atoms with Crippen LogP contribution < -0.4 is 4.72 Å². The lowest BCUT2D eigenvalue weighted by atomic mass is 9.85. The number of carboxylic acids is 1. The predicted octanol–water partition coefficient (Wildman–Crippen LogP) is 1.20. The van der Waals surface area contributed by atoms with Gasteiger partial charge < -0.3 is 5.11 Å². The molecule has 7 heteroatoms. The number of aliphatic carboxylic acids is 1. The van der Waals surface area contributed by atoms with E-state index in [-0.39, 0.29) is 19.0 Å². The van der Waals surface area contributed by atoms with Gasteiger partial charge in [0.2, 0.25) is 0 Å². The molecular formula is C12H24N2O4S. The summed E-state index contributed by atoms with van der Waals surface area (Å²) >= 11 is 0. The standard InChI is InChI=1S/C12H24N2O4S/c1-3-10-4-6-11(7-5-10)13-19(17,18)14(2)9-8-12(15)16/h10-11,13H,3-9H2,1-2H3,(H,15,16). The quantitative estimate of drug-likeness (QED) is 0.738. The second kappa shape index (κ2) is 7.21. The van der Waals surface area contributed by atoms with Crippen molar-refractivity contribution >= 4 is 16.2 Å². The lowest BCUT2D eigenvalue weighted by Gasteiger charge is -2.29. The molecule has 2 N–H and O–H groups in total. The Balaban J connectivity index is 2.44. The van der Waals surface area contributed by atoms with Gasteiger partial charge in [0, 0.05) is 19.6 Å². The van der Waals surface area contributed by atoms with Crippen molar-refractivity contribution in [3.63, 3.8) is 0 Å². The van der Waals surface area contributed by atoms with Crippen LogP contribution in [-0.4, -0.2) is 43.4 Å². The van der Waals surface area contributed by atoms with Gasteiger partial charge in [0.25, 0.3) is 10.2 Å². The summed E-state index contributed by atoms with van der Waals surface area (Å²) < 4.78 is 27.7. The Morgan fingerprint density at radius 3 is 2.37 bits per heavy atom. The van der Waals surface area contributed by atoms with Crippen molar-refractivity contribution in [2.24, 2.45) is 5.92 Å². The van der Waals surface area contributed by atoms with E-state index in [1.807, 2.05) is 0 Å². The molecule has 0 amide bonds. The van der Waals surface area contributed by atoms with Crippen molar-refractivity contribution in [2.75, 3.05) is 13.6 Å². The average molecular weight is 292 g/mol. The summed E-state index contributed by atoms with van der Waals surface area (Å²) in [5, 5.41) is 8.56. The van der Waals surface area contributed by atoms with Crippen LogP contribution in [0.15, 0.2) is 0 Å². The zero-order valence-corrected chi connectivity index (χ0v) is 12.4. The molecule has 0 aromatic rings. The number of rotatable bonds is 7. The molecule has 6 nitrogen and oxygen atoms in total. The van der Waals surface area contributed by atoms with E-state index in [1.54, 1.807) is 0 Å². The summed E-state index contributed by atoms with van der Waals surface area (Å²) in [5.74, 6) is -0.281. The van der Waals surface area contributed by atoms with E-state index in [0.29, 0.717) is 5.92 Å². The highest BCUT2D eigenvalue weighted by Crippen LogP contribution is 2.26. The average Bonchev–Trinajstić information content (AvgIpc) is 2.36. The summed E-state index contributed by atoms with van der Waals surface area (Å²) in [5.41, 5.74) is 0. The van der Waals surface area contributed by atoms with E-state index in [0.717, 1.165) is 36.4 Å². The number of carbonyl (C=O) groups is 1. The van der Waals surface area contributed by atoms with Gasteiger partial charge in [0.1, 0.15) is 0 Å². The minimum absolute atomic E-state index is 0.00499. The fraction of sp³-hybridized carbons (Fsp3) is 0.917. The van der Waals surface area contributed by atoms with Crippen molar-refractivity contribution in [2.45, 2.75) is 51.5 Å². The first kappa shape index (κ1) is 16.4. The molecule has 0 aromatic carbocycles. The monoisotopic (exact) mass is 292 g/mol. The first-order valence-corrected chi connectivity index (χ1v) is 8.24. The largest absolute Gasteiger partial charge is 0.481 e. The molecule has 0 spiro atoms. The molecular weight excluding hydrogens is 268 g/mol. The Kier molecular flexibility index (Phi) is 6.22. The number of hydrogen-bond donors (Lipinski definition) is 2. The van der Waals surface area contributed by atoms with Crippen molar-refractivity contribution in [1.82, 2.24) is 9.03 Å². The molecule has 0 unspecified atom stereocenters. The highest BCUT2D eigenvalue weighted by molar-refractivity contribution is 7.87. The van der Waals surface area contributed by atoms with Gasteiger partial charge in [-0.1, -0.05) is 13.3 Å². The molecule has 0 heterocycles. The zero-order chi connectivity index (χ0) is 14.5. The normalized spacial score (nSPS) is 24.6. The van der Waals surface area contributed by atoms with Crippen LogP contribution in [0.4, 0.5) is 0 Å². The molecule has 0 saturated heterocycles. The fourth-order valence-electron chi connectivity index (χ4n) is 2.36. The number of nitrogens with zero attached hydrogens (tertiary/aromatic N) is 1. The second-order valence-corrected chi connectivity index (χ2v) is 7.02. The van der Waals surface area contributed by atoms with Crippen LogP contribution in [0, 0.1) is 5.92 Å². The van der Waals surface area contributed by atoms with Gasteiger partial charge in [-0.05, 0) is 31.6 Å². The van der Waals surface area contributed by atoms with E-state index in [2.05, 4.69) is 11.6 Å². The summed E-state index contributed by atoms with van der Waals surface area (Å²) in [6, 6.07) is -0.0138. The van der Waals surface area contributed by atoms with Crippen molar-refractivity contribution < 1.29 is 18.3 Å². The third-order valence-electron chi connectivity index (χ3n) is 3.79. The number of carboxylic acid groups (broad SMARTS) is 1. The molecule has 1 aliphatic rings. The number of nitrogens with one attached hydrogen (secondary N) is 1. The maximum Gasteiger partial charge on any atom is 0.304 e. The third-order valence-corrected chi connectivity index (χ3v) is 5.42. The van der Waals surface area contributed by atoms with Crippen LogP contribution >= 0.6 is 0 Å². The lowest BCUT2D eigenvalue weighted by Crippen LogP contribution is -2.45. The summed E-state index contributed by atoms with van der Waals surface area (Å²) in [6.07, 6.45) is 4.82. The zero-order valence-electron chi connectivity index (χ0n) is 11.6. The maximum atomic E-state index is 12.0. The topological polar surface area (TPSA) is 86.7 Å². The summed E-state index contributed by atoms with van der Waals surface area (Å²) in [6.45, 7) is 2.16. The van der Waals surface area contributed by atoms with E-state index < -0.39 is 16.2 Å². The molecule has 0 aliphatic heterocycles. The SMILES string of the molecule is CCC1CCC(NS(=O)(=O)N(C)CCC(=O)O)CC1. The minimum Gasteiger partial charge on any atom is -0.481 e. The summed E-state index contributed by atoms with van der Waals surface area (Å²) in [4.78, 5) is 10.4. The number of hydrogen-bond acceptors (Lipinski definition) is 3. The first-order chi connectivity index (χ1) is 8.85. The minimum atomic E-state index is -3.56. The van der Waals surface area contributed by atoms with Gasteiger partial charge in [0.15, 0.2) is 0 Å². The van der Waals surface area contributed by atoms with Gasteiger partial charge in [-0.25, -0.2) is 0 Å². The van der Waals surface area contributed by atoms with E-state index in [1.165, 1.54) is 7.05 Å². The molecule has 0 atom stereocenters. The Labute approximate surface area is 115 Å². The van der Waals surface area contributed by atoms with Crippen molar-refractivity contribution in [1.29, 1.82) is 0 Å². The Bertz CT molecular complexity index is 389. The first-order valence-electron chi connectivity index (χ1n) is 6.80. The Hall–Kier alpha value is -0.660. The smallest absolute Gasteiger partial charge is 0.304 e. The molecule has 19 heavy (non-hydrogen) atoms. The highest BCUT2D eigenvalue weighted by Gasteiger charge is 2.26. The Morgan fingerprint density at radius 2 is 1.89 bits per heavy atom. The molecule has 0 aromatic heterocycles. The van der Waals surface area contributed by atoms with Crippen molar-refractivity contribution in [3.8, 4) is 0 Å².